The number of thiazole rings is 1. The molecule has 0 aliphatic heterocycles. The van der Waals surface area contributed by atoms with Crippen LogP contribution in [0.1, 0.15) is 29.1 Å². The van der Waals surface area contributed by atoms with E-state index in [9.17, 15) is 4.79 Å². The number of hydrogen-bond acceptors (Lipinski definition) is 7. The van der Waals surface area contributed by atoms with E-state index < -0.39 is 0 Å². The molecule has 0 fully saturated rings. The quantitative estimate of drug-likeness (QED) is 0.313. The van der Waals surface area contributed by atoms with Crippen LogP contribution in [0.5, 0.6) is 0 Å². The molecule has 29 heavy (non-hydrogen) atoms. The Hall–Kier alpha value is -2.71. The zero-order valence-corrected chi connectivity index (χ0v) is 17.1. The van der Waals surface area contributed by atoms with Crippen molar-refractivity contribution in [3.05, 3.63) is 63.3 Å². The number of rotatable bonds is 3. The lowest BCUT2D eigenvalue weighted by Gasteiger charge is -2.10. The normalized spacial score (nSPS) is 14.1. The van der Waals surface area contributed by atoms with Crippen molar-refractivity contribution in [1.29, 1.82) is 0 Å². The van der Waals surface area contributed by atoms with Crippen molar-refractivity contribution in [2.45, 2.75) is 36.5 Å². The highest BCUT2D eigenvalue weighted by atomic mass is 32.2. The lowest BCUT2D eigenvalue weighted by Crippen LogP contribution is -2.17. The number of fused-ring (bicyclic) bond motifs is 6. The molecular formula is C21H16N4O2S2. The van der Waals surface area contributed by atoms with Gasteiger partial charge >= 0.3 is 0 Å². The molecular weight excluding hydrogens is 404 g/mol. The highest BCUT2D eigenvalue weighted by Gasteiger charge is 2.19. The topological polar surface area (TPSA) is 73.3 Å². The molecule has 1 aromatic carbocycles. The monoisotopic (exact) mass is 420 g/mol. The summed E-state index contributed by atoms with van der Waals surface area (Å²) in [7, 11) is 0. The van der Waals surface area contributed by atoms with Crippen LogP contribution >= 0.6 is 23.1 Å². The maximum absolute atomic E-state index is 12.7. The van der Waals surface area contributed by atoms with Crippen LogP contribution in [0.4, 0.5) is 0 Å². The first-order valence-corrected chi connectivity index (χ1v) is 11.4. The van der Waals surface area contributed by atoms with Gasteiger partial charge in [0.15, 0.2) is 10.5 Å². The Kier molecular flexibility index (Phi) is 3.95. The van der Waals surface area contributed by atoms with E-state index in [4.69, 9.17) is 9.40 Å². The van der Waals surface area contributed by atoms with Gasteiger partial charge in [0.25, 0.3) is 5.56 Å². The molecule has 0 bridgehead atoms. The van der Waals surface area contributed by atoms with Gasteiger partial charge in [-0.1, -0.05) is 23.9 Å². The van der Waals surface area contributed by atoms with Gasteiger partial charge in [0, 0.05) is 27.8 Å². The minimum atomic E-state index is 0.0153. The molecule has 4 heterocycles. The molecule has 0 spiro atoms. The highest BCUT2D eigenvalue weighted by molar-refractivity contribution is 7.98. The van der Waals surface area contributed by atoms with E-state index in [0.29, 0.717) is 11.3 Å². The minimum Gasteiger partial charge on any atom is -0.451 e. The van der Waals surface area contributed by atoms with Crippen molar-refractivity contribution in [1.82, 2.24) is 19.4 Å². The molecule has 0 radical (unpaired) electrons. The van der Waals surface area contributed by atoms with Gasteiger partial charge in [-0.2, -0.15) is 0 Å². The molecule has 4 aromatic heterocycles. The minimum absolute atomic E-state index is 0.0153. The van der Waals surface area contributed by atoms with Gasteiger partial charge in [0.1, 0.15) is 22.5 Å². The summed E-state index contributed by atoms with van der Waals surface area (Å²) in [6, 6.07) is 9.49. The summed E-state index contributed by atoms with van der Waals surface area (Å²) in [6.45, 7) is 0. The molecule has 1 aliphatic carbocycles. The van der Waals surface area contributed by atoms with Gasteiger partial charge in [0.2, 0.25) is 0 Å². The van der Waals surface area contributed by atoms with Gasteiger partial charge < -0.3 is 4.42 Å². The summed E-state index contributed by atoms with van der Waals surface area (Å²) in [6.07, 6.45) is 5.92. The van der Waals surface area contributed by atoms with E-state index in [0.717, 1.165) is 57.1 Å². The average Bonchev–Trinajstić information content (AvgIpc) is 3.31. The third-order valence-corrected chi connectivity index (χ3v) is 7.44. The van der Waals surface area contributed by atoms with Gasteiger partial charge in [-0.3, -0.25) is 9.20 Å². The van der Waals surface area contributed by atoms with Crippen molar-refractivity contribution in [2.24, 2.45) is 0 Å². The Morgan fingerprint density at radius 1 is 1.17 bits per heavy atom. The molecule has 0 saturated heterocycles. The van der Waals surface area contributed by atoms with Gasteiger partial charge in [0.05, 0.1) is 5.69 Å². The molecule has 6 nitrogen and oxygen atoms in total. The summed E-state index contributed by atoms with van der Waals surface area (Å²) >= 11 is 3.17. The molecule has 144 valence electrons. The van der Waals surface area contributed by atoms with E-state index in [1.807, 2.05) is 24.3 Å². The molecule has 0 unspecified atom stereocenters. The van der Waals surface area contributed by atoms with E-state index in [1.165, 1.54) is 23.1 Å². The fourth-order valence-corrected chi connectivity index (χ4v) is 6.02. The van der Waals surface area contributed by atoms with E-state index >= 15 is 0 Å². The summed E-state index contributed by atoms with van der Waals surface area (Å²) in [5.74, 6) is 0.553. The third kappa shape index (κ3) is 2.78. The van der Waals surface area contributed by atoms with Crippen LogP contribution in [-0.4, -0.2) is 19.4 Å². The number of furan rings is 1. The molecule has 1 aliphatic rings. The van der Waals surface area contributed by atoms with Gasteiger partial charge in [-0.05, 0) is 37.8 Å². The van der Waals surface area contributed by atoms with Gasteiger partial charge in [-0.15, -0.1) is 11.3 Å². The number of benzene rings is 1. The molecule has 0 saturated carbocycles. The predicted octanol–water partition coefficient (Wildman–Crippen LogP) is 4.62. The van der Waals surface area contributed by atoms with E-state index in [1.54, 1.807) is 28.1 Å². The van der Waals surface area contributed by atoms with Crippen LogP contribution in [0.25, 0.3) is 27.0 Å². The maximum atomic E-state index is 12.7. The first-order valence-electron chi connectivity index (χ1n) is 9.56. The largest absolute Gasteiger partial charge is 0.451 e. The Bertz CT molecular complexity index is 1450. The van der Waals surface area contributed by atoms with Crippen molar-refractivity contribution >= 4 is 50.1 Å². The van der Waals surface area contributed by atoms with Crippen LogP contribution in [0.2, 0.25) is 0 Å². The van der Waals surface area contributed by atoms with Gasteiger partial charge in [-0.25, -0.2) is 15.0 Å². The number of aryl methyl sites for hydroxylation is 2. The van der Waals surface area contributed by atoms with Crippen LogP contribution < -0.4 is 5.56 Å². The Balaban J connectivity index is 1.37. The molecule has 0 N–H and O–H groups in total. The summed E-state index contributed by atoms with van der Waals surface area (Å²) in [5.41, 5.74) is 4.23. The Morgan fingerprint density at radius 2 is 2.07 bits per heavy atom. The predicted molar refractivity (Wildman–Crippen MR) is 115 cm³/mol. The lowest BCUT2D eigenvalue weighted by molar-refractivity contribution is 0.653. The number of aromatic nitrogens is 4. The fourth-order valence-electron chi connectivity index (χ4n) is 3.96. The second kappa shape index (κ2) is 6.67. The summed E-state index contributed by atoms with van der Waals surface area (Å²) in [4.78, 5) is 28.4. The molecule has 0 atom stereocenters. The van der Waals surface area contributed by atoms with Crippen molar-refractivity contribution in [2.75, 3.05) is 0 Å². The summed E-state index contributed by atoms with van der Waals surface area (Å²) < 4.78 is 7.79. The number of nitrogens with zero attached hydrogens (tertiary/aromatic N) is 4. The first kappa shape index (κ1) is 17.2. The number of hydrogen-bond donors (Lipinski definition) is 0. The SMILES string of the molecule is O=c1cc(CSc2ncnc3c2oc2ccccc23)nc2sc3c(n12)CCCC3. The van der Waals surface area contributed by atoms with Crippen LogP contribution in [0.15, 0.2) is 50.9 Å². The maximum Gasteiger partial charge on any atom is 0.259 e. The number of para-hydroxylation sites is 1. The molecule has 0 amide bonds. The molecule has 8 heteroatoms. The van der Waals surface area contributed by atoms with Crippen molar-refractivity contribution < 1.29 is 4.42 Å². The van der Waals surface area contributed by atoms with E-state index in [2.05, 4.69) is 9.97 Å². The first-order chi connectivity index (χ1) is 14.3. The van der Waals surface area contributed by atoms with Crippen LogP contribution in [0.3, 0.4) is 0 Å². The molecule has 6 rings (SSSR count). The summed E-state index contributed by atoms with van der Waals surface area (Å²) in [5, 5.41) is 1.74. The second-order valence-electron chi connectivity index (χ2n) is 7.13. The van der Waals surface area contributed by atoms with Crippen LogP contribution in [-0.2, 0) is 18.6 Å². The lowest BCUT2D eigenvalue weighted by atomic mass is 10.0. The number of thioether (sulfide) groups is 1. The average molecular weight is 421 g/mol. The van der Waals surface area contributed by atoms with E-state index in [-0.39, 0.29) is 5.56 Å². The zero-order chi connectivity index (χ0) is 19.4. The standard InChI is InChI=1S/C21H16N4O2S2/c26-17-9-12(24-21-25(17)14-6-2-4-8-16(14)29-21)10-28-20-19-18(22-11-23-20)13-5-1-3-7-15(13)27-19/h1,3,5,7,9,11H,2,4,6,8,10H2. The second-order valence-corrected chi connectivity index (χ2v) is 9.15. The van der Waals surface area contributed by atoms with Crippen molar-refractivity contribution in [3.8, 4) is 0 Å². The fraction of sp³-hybridized carbons (Fsp3) is 0.238. The molecule has 5 aromatic rings. The third-order valence-electron chi connectivity index (χ3n) is 5.30. The Morgan fingerprint density at radius 3 is 3.03 bits per heavy atom. The smallest absolute Gasteiger partial charge is 0.259 e. The van der Waals surface area contributed by atoms with Crippen LogP contribution in [0, 0.1) is 0 Å². The van der Waals surface area contributed by atoms with Crippen molar-refractivity contribution in [3.63, 3.8) is 0 Å². The highest BCUT2D eigenvalue weighted by Crippen LogP contribution is 2.34. The Labute approximate surface area is 173 Å². The zero-order valence-electron chi connectivity index (χ0n) is 15.4.